The summed E-state index contributed by atoms with van der Waals surface area (Å²) in [5.41, 5.74) is -0.220. The minimum absolute atomic E-state index is 0.124. The normalized spacial score (nSPS) is 34.6. The van der Waals surface area contributed by atoms with Gasteiger partial charge in [-0.1, -0.05) is 6.08 Å². The van der Waals surface area contributed by atoms with Crippen molar-refractivity contribution in [3.63, 3.8) is 0 Å². The smallest absolute Gasteiger partial charge is 0.118 e. The molecule has 1 rings (SSSR count). The molecule has 0 aromatic heterocycles. The van der Waals surface area contributed by atoms with E-state index >= 15 is 0 Å². The van der Waals surface area contributed by atoms with Crippen molar-refractivity contribution in [2.45, 2.75) is 12.0 Å². The number of aliphatic hydroxyl groups is 1. The minimum Gasteiger partial charge on any atom is -0.393 e. The van der Waals surface area contributed by atoms with Gasteiger partial charge in [0.05, 0.1) is 13.2 Å². The summed E-state index contributed by atoms with van der Waals surface area (Å²) in [6.45, 7) is 4.36. The largest absolute Gasteiger partial charge is 0.393 e. The van der Waals surface area contributed by atoms with Gasteiger partial charge >= 0.3 is 0 Å². The summed E-state index contributed by atoms with van der Waals surface area (Å²) >= 11 is 0. The van der Waals surface area contributed by atoms with Crippen molar-refractivity contribution in [2.75, 3.05) is 13.2 Å². The Balaban J connectivity index is 2.29. The van der Waals surface area contributed by atoms with Gasteiger partial charge in [-0.15, -0.1) is 6.58 Å². The Kier molecular flexibility index (Phi) is 1.36. The standard InChI is InChI=1S/C6H10O2/c1-2-3-6(4-7)5-8-6/h2,7H,1,3-5H2/t6-/m1/s1. The number of hydrogen-bond donors (Lipinski definition) is 1. The summed E-state index contributed by atoms with van der Waals surface area (Å²) in [5, 5.41) is 8.61. The molecule has 1 N–H and O–H groups in total. The lowest BCUT2D eigenvalue weighted by molar-refractivity contribution is 0.174. The first kappa shape index (κ1) is 5.79. The molecule has 0 bridgehead atoms. The lowest BCUT2D eigenvalue weighted by Gasteiger charge is -2.00. The van der Waals surface area contributed by atoms with Crippen LogP contribution in [0.15, 0.2) is 12.7 Å². The van der Waals surface area contributed by atoms with Crippen LogP contribution >= 0.6 is 0 Å². The highest BCUT2D eigenvalue weighted by Gasteiger charge is 2.42. The zero-order chi connectivity index (χ0) is 6.04. The maximum Gasteiger partial charge on any atom is 0.118 e. The molecule has 0 amide bonds. The van der Waals surface area contributed by atoms with Crippen LogP contribution in [0.5, 0.6) is 0 Å². The van der Waals surface area contributed by atoms with Gasteiger partial charge in [0.2, 0.25) is 0 Å². The molecular formula is C6H10O2. The van der Waals surface area contributed by atoms with E-state index in [1.54, 1.807) is 6.08 Å². The molecule has 0 saturated carbocycles. The summed E-state index contributed by atoms with van der Waals surface area (Å²) in [6, 6.07) is 0. The Hall–Kier alpha value is -0.340. The molecular weight excluding hydrogens is 104 g/mol. The van der Waals surface area contributed by atoms with Crippen molar-refractivity contribution in [1.82, 2.24) is 0 Å². The van der Waals surface area contributed by atoms with E-state index in [0.29, 0.717) is 6.61 Å². The maximum absolute atomic E-state index is 8.61. The minimum atomic E-state index is -0.220. The van der Waals surface area contributed by atoms with E-state index < -0.39 is 0 Å². The van der Waals surface area contributed by atoms with E-state index in [9.17, 15) is 0 Å². The Bertz CT molecular complexity index is 94.7. The molecule has 1 saturated heterocycles. The molecule has 1 heterocycles. The topological polar surface area (TPSA) is 32.8 Å². The van der Waals surface area contributed by atoms with Crippen LogP contribution in [0.2, 0.25) is 0 Å². The van der Waals surface area contributed by atoms with Crippen LogP contribution < -0.4 is 0 Å². The van der Waals surface area contributed by atoms with Crippen molar-refractivity contribution in [2.24, 2.45) is 0 Å². The highest BCUT2D eigenvalue weighted by Crippen LogP contribution is 2.29. The second kappa shape index (κ2) is 1.88. The van der Waals surface area contributed by atoms with Gasteiger partial charge in [0.1, 0.15) is 5.60 Å². The van der Waals surface area contributed by atoms with Crippen LogP contribution in [0, 0.1) is 0 Å². The van der Waals surface area contributed by atoms with Crippen LogP contribution in [-0.4, -0.2) is 23.9 Å². The zero-order valence-electron chi connectivity index (χ0n) is 4.76. The molecule has 1 atom stereocenters. The number of aliphatic hydroxyl groups excluding tert-OH is 1. The number of ether oxygens (including phenoxy) is 1. The van der Waals surface area contributed by atoms with Gasteiger partial charge in [-0.25, -0.2) is 0 Å². The lowest BCUT2D eigenvalue weighted by atomic mass is 10.1. The third kappa shape index (κ3) is 0.904. The fraction of sp³-hybridized carbons (Fsp3) is 0.667. The Morgan fingerprint density at radius 1 is 1.88 bits per heavy atom. The lowest BCUT2D eigenvalue weighted by Crippen LogP contribution is -2.14. The molecule has 8 heavy (non-hydrogen) atoms. The van der Waals surface area contributed by atoms with Gasteiger partial charge in [0, 0.05) is 0 Å². The van der Waals surface area contributed by atoms with Crippen LogP contribution in [0.1, 0.15) is 6.42 Å². The number of rotatable bonds is 3. The van der Waals surface area contributed by atoms with Gasteiger partial charge in [-0.2, -0.15) is 0 Å². The summed E-state index contributed by atoms with van der Waals surface area (Å²) in [5.74, 6) is 0. The van der Waals surface area contributed by atoms with Gasteiger partial charge < -0.3 is 9.84 Å². The highest BCUT2D eigenvalue weighted by atomic mass is 16.6. The van der Waals surface area contributed by atoms with Crippen LogP contribution in [-0.2, 0) is 4.74 Å². The molecule has 0 aromatic rings. The van der Waals surface area contributed by atoms with Crippen molar-refractivity contribution in [1.29, 1.82) is 0 Å². The molecule has 0 aliphatic carbocycles. The highest BCUT2D eigenvalue weighted by molar-refractivity contribution is 4.96. The van der Waals surface area contributed by atoms with E-state index in [1.165, 1.54) is 0 Å². The van der Waals surface area contributed by atoms with Crippen LogP contribution in [0.25, 0.3) is 0 Å². The quantitative estimate of drug-likeness (QED) is 0.423. The fourth-order valence-corrected chi connectivity index (χ4v) is 0.639. The molecule has 0 unspecified atom stereocenters. The van der Waals surface area contributed by atoms with Crippen molar-refractivity contribution in [3.8, 4) is 0 Å². The van der Waals surface area contributed by atoms with Gasteiger partial charge in [0.15, 0.2) is 0 Å². The van der Waals surface area contributed by atoms with E-state index in [1.807, 2.05) is 0 Å². The first-order valence-electron chi connectivity index (χ1n) is 2.69. The summed E-state index contributed by atoms with van der Waals surface area (Å²) in [7, 11) is 0. The Labute approximate surface area is 48.8 Å². The van der Waals surface area contributed by atoms with Gasteiger partial charge in [-0.05, 0) is 6.42 Å². The third-order valence-corrected chi connectivity index (χ3v) is 1.36. The predicted molar refractivity (Wildman–Crippen MR) is 30.6 cm³/mol. The molecule has 0 aromatic carbocycles. The number of hydrogen-bond acceptors (Lipinski definition) is 2. The Morgan fingerprint density at radius 3 is 2.62 bits per heavy atom. The molecule has 0 spiro atoms. The fourth-order valence-electron chi connectivity index (χ4n) is 0.639. The molecule has 1 aliphatic rings. The summed E-state index contributed by atoms with van der Waals surface area (Å²) in [4.78, 5) is 0. The van der Waals surface area contributed by atoms with Crippen LogP contribution in [0.3, 0.4) is 0 Å². The van der Waals surface area contributed by atoms with Crippen molar-refractivity contribution >= 4 is 0 Å². The first-order valence-corrected chi connectivity index (χ1v) is 2.69. The molecule has 0 radical (unpaired) electrons. The first-order chi connectivity index (χ1) is 3.83. The molecule has 1 fully saturated rings. The molecule has 2 heteroatoms. The van der Waals surface area contributed by atoms with Crippen molar-refractivity contribution in [3.05, 3.63) is 12.7 Å². The second-order valence-corrected chi connectivity index (χ2v) is 2.12. The predicted octanol–water partition coefficient (Wildman–Crippen LogP) is 0.324. The average Bonchev–Trinajstić information content (AvgIpc) is 2.50. The molecule has 46 valence electrons. The molecule has 2 nitrogen and oxygen atoms in total. The van der Waals surface area contributed by atoms with E-state index in [-0.39, 0.29) is 12.2 Å². The summed E-state index contributed by atoms with van der Waals surface area (Å²) in [6.07, 6.45) is 2.53. The van der Waals surface area contributed by atoms with Gasteiger partial charge in [0.25, 0.3) is 0 Å². The maximum atomic E-state index is 8.61. The summed E-state index contributed by atoms with van der Waals surface area (Å²) < 4.78 is 4.96. The third-order valence-electron chi connectivity index (χ3n) is 1.36. The van der Waals surface area contributed by atoms with E-state index in [2.05, 4.69) is 6.58 Å². The van der Waals surface area contributed by atoms with Crippen LogP contribution in [0.4, 0.5) is 0 Å². The van der Waals surface area contributed by atoms with E-state index in [4.69, 9.17) is 9.84 Å². The number of epoxide rings is 1. The zero-order valence-corrected chi connectivity index (χ0v) is 4.76. The van der Waals surface area contributed by atoms with Gasteiger partial charge in [-0.3, -0.25) is 0 Å². The SMILES string of the molecule is C=CC[C@@]1(CO)CO1. The Morgan fingerprint density at radius 2 is 2.50 bits per heavy atom. The monoisotopic (exact) mass is 114 g/mol. The molecule has 1 aliphatic heterocycles. The van der Waals surface area contributed by atoms with E-state index in [0.717, 1.165) is 6.42 Å². The second-order valence-electron chi connectivity index (χ2n) is 2.12. The average molecular weight is 114 g/mol. The van der Waals surface area contributed by atoms with Crippen molar-refractivity contribution < 1.29 is 9.84 Å².